The van der Waals surface area contributed by atoms with Crippen molar-refractivity contribution < 1.29 is 73.4 Å². The average Bonchev–Trinajstić information content (AvgIpc) is 1.94. The van der Waals surface area contributed by atoms with Crippen LogP contribution in [0.4, 0.5) is 0 Å². The highest BCUT2D eigenvalue weighted by atomic mass is 16.5. The molecular formula is C60H84N12O15. The van der Waals surface area contributed by atoms with Gasteiger partial charge in [0.05, 0.1) is 58.2 Å². The quantitative estimate of drug-likeness (QED) is 0.0327. The van der Waals surface area contributed by atoms with Crippen molar-refractivity contribution in [3.63, 3.8) is 0 Å². The molecule has 0 saturated carbocycles. The molecule has 2 fully saturated rings. The number of likely N-dealkylation sites (tertiary alicyclic amines) is 1. The van der Waals surface area contributed by atoms with Crippen molar-refractivity contribution in [2.45, 2.75) is 64.8 Å². The number of ether oxygens (including phenoxy) is 2. The molecule has 474 valence electrons. The number of piperidine rings is 1. The SMILES string of the molecule is CC(=O)N1CCC(Cc2ccc(-n3c(C(=O)NCCNC(=O)[C@@H](Cc4ccccc4)NC(=O)CCOCCOCCNC(=O)CN4CCN(CC(=O)O)CCN(CC(=O)O)CCN(CC(=O)O)CC4)nnc3-c3cc(C(C)C)c(O)cc3O)cc2)CC1. The summed E-state index contributed by atoms with van der Waals surface area (Å²) in [6.07, 6.45) is 2.70. The van der Waals surface area contributed by atoms with Gasteiger partial charge in [0.1, 0.15) is 17.5 Å². The van der Waals surface area contributed by atoms with Crippen LogP contribution in [-0.2, 0) is 55.9 Å². The van der Waals surface area contributed by atoms with E-state index in [9.17, 15) is 63.9 Å². The Kier molecular flexibility index (Phi) is 27.3. The predicted octanol–water partition coefficient (Wildman–Crippen LogP) is 0.858. The fourth-order valence-corrected chi connectivity index (χ4v) is 10.3. The van der Waals surface area contributed by atoms with Crippen molar-refractivity contribution >= 4 is 47.4 Å². The molecule has 2 aliphatic rings. The van der Waals surface area contributed by atoms with Crippen LogP contribution in [0.15, 0.2) is 66.7 Å². The maximum atomic E-state index is 14.0. The Morgan fingerprint density at radius 3 is 1.70 bits per heavy atom. The minimum Gasteiger partial charge on any atom is -0.508 e. The Morgan fingerprint density at radius 1 is 0.598 bits per heavy atom. The summed E-state index contributed by atoms with van der Waals surface area (Å²) in [5.74, 6) is -4.94. The molecule has 5 amide bonds. The highest BCUT2D eigenvalue weighted by molar-refractivity contribution is 5.92. The molecule has 6 rings (SSSR count). The number of benzene rings is 3. The van der Waals surface area contributed by atoms with E-state index in [4.69, 9.17) is 9.47 Å². The van der Waals surface area contributed by atoms with E-state index in [0.717, 1.165) is 30.4 Å². The Morgan fingerprint density at radius 2 is 1.15 bits per heavy atom. The highest BCUT2D eigenvalue weighted by Gasteiger charge is 2.28. The number of amides is 5. The van der Waals surface area contributed by atoms with Gasteiger partial charge in [-0.05, 0) is 66.0 Å². The smallest absolute Gasteiger partial charge is 0.317 e. The number of carbonyl (C=O) groups excluding carboxylic acids is 5. The molecular weight excluding hydrogens is 1130 g/mol. The summed E-state index contributed by atoms with van der Waals surface area (Å²) in [6.45, 7) is 8.69. The van der Waals surface area contributed by atoms with Crippen LogP contribution in [0, 0.1) is 5.92 Å². The largest absolute Gasteiger partial charge is 0.508 e. The molecule has 1 atom stereocenters. The number of hydrogen-bond acceptors (Lipinski definition) is 18. The lowest BCUT2D eigenvalue weighted by Gasteiger charge is -2.32. The molecule has 2 saturated heterocycles. The molecule has 4 aromatic rings. The number of carboxylic acid groups (broad SMARTS) is 3. The first kappa shape index (κ1) is 68.0. The number of phenols is 2. The van der Waals surface area contributed by atoms with E-state index in [1.807, 2.05) is 78.2 Å². The summed E-state index contributed by atoms with van der Waals surface area (Å²) in [4.78, 5) is 109. The number of aliphatic carboxylic acids is 3. The maximum absolute atomic E-state index is 14.0. The number of aromatic hydroxyl groups is 2. The predicted molar refractivity (Wildman–Crippen MR) is 318 cm³/mol. The fraction of sp³-hybridized carbons (Fsp3) is 0.533. The first-order chi connectivity index (χ1) is 41.7. The molecule has 27 heteroatoms. The number of nitrogens with one attached hydrogen (secondary N) is 4. The van der Waals surface area contributed by atoms with Gasteiger partial charge in [0.15, 0.2) is 5.82 Å². The van der Waals surface area contributed by atoms with Crippen LogP contribution in [0.2, 0.25) is 0 Å². The zero-order valence-corrected chi connectivity index (χ0v) is 49.9. The third-order valence-electron chi connectivity index (χ3n) is 15.1. The average molecular weight is 1210 g/mol. The number of nitrogens with zero attached hydrogens (tertiary/aromatic N) is 8. The van der Waals surface area contributed by atoms with Gasteiger partial charge in [0, 0.05) is 117 Å². The van der Waals surface area contributed by atoms with E-state index in [0.29, 0.717) is 43.3 Å². The van der Waals surface area contributed by atoms with Gasteiger partial charge in [-0.3, -0.25) is 62.5 Å². The monoisotopic (exact) mass is 1210 g/mol. The molecule has 0 bridgehead atoms. The van der Waals surface area contributed by atoms with Gasteiger partial charge in [0.2, 0.25) is 29.5 Å². The van der Waals surface area contributed by atoms with Crippen molar-refractivity contribution in [1.29, 1.82) is 0 Å². The maximum Gasteiger partial charge on any atom is 0.317 e. The molecule has 87 heavy (non-hydrogen) atoms. The number of rotatable bonds is 30. The van der Waals surface area contributed by atoms with Gasteiger partial charge < -0.3 is 61.2 Å². The summed E-state index contributed by atoms with van der Waals surface area (Å²) < 4.78 is 12.8. The van der Waals surface area contributed by atoms with E-state index >= 15 is 0 Å². The number of phenolic OH excluding ortho intramolecular Hbond substituents is 2. The standard InChI is InChI=1S/C60H84N12O15/c1-41(2)47-35-48(51(75)36-50(47)74)57-65-66-58(72(57)46-11-9-44(10-12-46)33-45-13-19-71(20-14-45)42(3)73)60(85)63-17-16-62-59(84)49(34-43-7-5-4-6-8-43)64-52(76)15-29-86-31-32-87-30-18-61-53(77)37-67-21-23-68(38-54(78)79)25-27-70(40-56(82)83)28-26-69(24-22-67)39-55(80)81/h4-12,35-36,41,45,49,74-75H,13-34,37-40H2,1-3H3,(H,61,77)(H,62,84)(H,63,85)(H,64,76)(H,78,79)(H,80,81)(H,82,83)/t49-/m1/s1. The second kappa shape index (κ2) is 34.9. The minimum atomic E-state index is -1.05. The van der Waals surface area contributed by atoms with E-state index < -0.39 is 41.7 Å². The van der Waals surface area contributed by atoms with Crippen molar-refractivity contribution in [2.75, 3.05) is 138 Å². The van der Waals surface area contributed by atoms with E-state index in [2.05, 4.69) is 31.5 Å². The molecule has 0 spiro atoms. The lowest BCUT2D eigenvalue weighted by molar-refractivity contribution is -0.140. The third-order valence-corrected chi connectivity index (χ3v) is 15.1. The summed E-state index contributed by atoms with van der Waals surface area (Å²) in [5.41, 5.74) is 3.22. The van der Waals surface area contributed by atoms with Crippen LogP contribution in [0.1, 0.15) is 73.3 Å². The number of hydrogen-bond donors (Lipinski definition) is 9. The number of aromatic nitrogens is 3. The first-order valence-corrected chi connectivity index (χ1v) is 29.5. The van der Waals surface area contributed by atoms with Gasteiger partial charge in [-0.15, -0.1) is 10.2 Å². The normalized spacial score (nSPS) is 15.7. The van der Waals surface area contributed by atoms with Gasteiger partial charge >= 0.3 is 17.9 Å². The molecule has 2 aliphatic heterocycles. The summed E-state index contributed by atoms with van der Waals surface area (Å²) in [6, 6.07) is 18.7. The van der Waals surface area contributed by atoms with Crippen LogP contribution < -0.4 is 21.3 Å². The van der Waals surface area contributed by atoms with E-state index in [1.54, 1.807) is 27.7 Å². The Labute approximate surface area is 506 Å². The van der Waals surface area contributed by atoms with Gasteiger partial charge in [0.25, 0.3) is 5.91 Å². The van der Waals surface area contributed by atoms with Crippen molar-refractivity contribution in [2.24, 2.45) is 5.92 Å². The lowest BCUT2D eigenvalue weighted by atomic mass is 9.90. The molecule has 1 aromatic heterocycles. The van der Waals surface area contributed by atoms with Crippen LogP contribution in [0.25, 0.3) is 17.1 Å². The Hall–Kier alpha value is -8.08. The summed E-state index contributed by atoms with van der Waals surface area (Å²) in [5, 5.41) is 70.0. The van der Waals surface area contributed by atoms with Crippen molar-refractivity contribution in [3.8, 4) is 28.6 Å². The first-order valence-electron chi connectivity index (χ1n) is 29.5. The van der Waals surface area contributed by atoms with Crippen LogP contribution >= 0.6 is 0 Å². The zero-order chi connectivity index (χ0) is 62.8. The highest BCUT2D eigenvalue weighted by Crippen LogP contribution is 2.38. The van der Waals surface area contributed by atoms with Gasteiger partial charge in [-0.1, -0.05) is 56.3 Å². The van der Waals surface area contributed by atoms with Gasteiger partial charge in [-0.25, -0.2) is 0 Å². The molecule has 0 aliphatic carbocycles. The van der Waals surface area contributed by atoms with Crippen LogP contribution in [0.3, 0.4) is 0 Å². The third kappa shape index (κ3) is 22.9. The fourth-order valence-electron chi connectivity index (χ4n) is 10.3. The van der Waals surface area contributed by atoms with Crippen LogP contribution in [0.5, 0.6) is 11.5 Å². The summed E-state index contributed by atoms with van der Waals surface area (Å²) in [7, 11) is 0. The lowest BCUT2D eigenvalue weighted by Crippen LogP contribution is -2.50. The molecule has 0 unspecified atom stereocenters. The van der Waals surface area contributed by atoms with Crippen LogP contribution in [-0.4, -0.2) is 256 Å². The van der Waals surface area contributed by atoms with E-state index in [1.165, 1.54) is 10.6 Å². The minimum absolute atomic E-state index is 0.0162. The Balaban J connectivity index is 0.955. The Bertz CT molecular complexity index is 2890. The van der Waals surface area contributed by atoms with Gasteiger partial charge in [-0.2, -0.15) is 0 Å². The molecule has 3 heterocycles. The zero-order valence-electron chi connectivity index (χ0n) is 49.9. The second-order valence-electron chi connectivity index (χ2n) is 22.1. The number of carboxylic acids is 3. The molecule has 3 aromatic carbocycles. The molecule has 0 radical (unpaired) electrons. The topological polar surface area (TPSA) is 351 Å². The number of carbonyl (C=O) groups is 8. The molecule has 27 nitrogen and oxygen atoms in total. The molecule has 9 N–H and O–H groups in total. The second-order valence-corrected chi connectivity index (χ2v) is 22.1. The summed E-state index contributed by atoms with van der Waals surface area (Å²) >= 11 is 0. The van der Waals surface area contributed by atoms with Crippen molar-refractivity contribution in [3.05, 3.63) is 89.2 Å². The van der Waals surface area contributed by atoms with E-state index in [-0.39, 0.29) is 171 Å². The van der Waals surface area contributed by atoms with Crippen molar-refractivity contribution in [1.82, 2.24) is 60.5 Å².